The van der Waals surface area contributed by atoms with E-state index < -0.39 is 10.8 Å². The summed E-state index contributed by atoms with van der Waals surface area (Å²) >= 11 is 0. The van der Waals surface area contributed by atoms with Crippen molar-refractivity contribution < 1.29 is 8.95 Å². The van der Waals surface area contributed by atoms with Crippen LogP contribution in [0.2, 0.25) is 0 Å². The van der Waals surface area contributed by atoms with Crippen molar-refractivity contribution in [2.24, 2.45) is 11.1 Å². The Bertz CT molecular complexity index is 387. The van der Waals surface area contributed by atoms with E-state index >= 15 is 0 Å². The molecular formula is C14H23NO2S. The summed E-state index contributed by atoms with van der Waals surface area (Å²) in [6.07, 6.45) is 1.94. The van der Waals surface area contributed by atoms with Crippen molar-refractivity contribution in [1.29, 1.82) is 0 Å². The first-order valence-electron chi connectivity index (χ1n) is 6.21. The number of methoxy groups -OCH3 is 1. The second-order valence-electron chi connectivity index (χ2n) is 5.20. The largest absolute Gasteiger partial charge is 0.497 e. The first kappa shape index (κ1) is 15.2. The number of hydrogen-bond acceptors (Lipinski definition) is 3. The third-order valence-electron chi connectivity index (χ3n) is 3.06. The lowest BCUT2D eigenvalue weighted by Crippen LogP contribution is -2.23. The van der Waals surface area contributed by atoms with Gasteiger partial charge in [0.05, 0.1) is 17.9 Å². The molecule has 1 aromatic carbocycles. The second-order valence-corrected chi connectivity index (χ2v) is 6.77. The molecule has 4 heteroatoms. The van der Waals surface area contributed by atoms with Crippen LogP contribution in [0.15, 0.2) is 29.2 Å². The van der Waals surface area contributed by atoms with Gasteiger partial charge in [-0.1, -0.05) is 13.8 Å². The summed E-state index contributed by atoms with van der Waals surface area (Å²) in [7, 11) is 0.699. The molecule has 0 saturated heterocycles. The van der Waals surface area contributed by atoms with E-state index in [2.05, 4.69) is 13.8 Å². The van der Waals surface area contributed by atoms with Gasteiger partial charge in [-0.05, 0) is 49.1 Å². The zero-order valence-electron chi connectivity index (χ0n) is 11.4. The summed E-state index contributed by atoms with van der Waals surface area (Å²) in [6.45, 7) is 4.95. The van der Waals surface area contributed by atoms with Crippen molar-refractivity contribution in [2.75, 3.05) is 19.4 Å². The van der Waals surface area contributed by atoms with Crippen LogP contribution in [-0.4, -0.2) is 23.6 Å². The van der Waals surface area contributed by atoms with Gasteiger partial charge in [-0.15, -0.1) is 0 Å². The first-order chi connectivity index (χ1) is 8.48. The van der Waals surface area contributed by atoms with Crippen LogP contribution in [-0.2, 0) is 10.8 Å². The maximum absolute atomic E-state index is 12.1. The molecule has 18 heavy (non-hydrogen) atoms. The standard InChI is InChI=1S/C14H23NO2S/c1-14(2,11-15)9-4-10-18(16)13-7-5-12(17-3)6-8-13/h5-8H,4,9-11,15H2,1-3H3. The Morgan fingerprint density at radius 1 is 1.28 bits per heavy atom. The predicted molar refractivity (Wildman–Crippen MR) is 76.3 cm³/mol. The second kappa shape index (κ2) is 6.90. The average Bonchev–Trinajstić information content (AvgIpc) is 2.38. The molecule has 0 fully saturated rings. The Labute approximate surface area is 112 Å². The van der Waals surface area contributed by atoms with Crippen LogP contribution < -0.4 is 10.5 Å². The molecule has 0 radical (unpaired) electrons. The lowest BCUT2D eigenvalue weighted by molar-refractivity contribution is 0.344. The van der Waals surface area contributed by atoms with Gasteiger partial charge >= 0.3 is 0 Å². The van der Waals surface area contributed by atoms with Crippen LogP contribution in [0, 0.1) is 5.41 Å². The molecule has 0 aliphatic rings. The molecule has 1 unspecified atom stereocenters. The van der Waals surface area contributed by atoms with E-state index in [1.807, 2.05) is 24.3 Å². The van der Waals surface area contributed by atoms with Crippen molar-refractivity contribution in [3.05, 3.63) is 24.3 Å². The van der Waals surface area contributed by atoms with Gasteiger partial charge in [0.25, 0.3) is 0 Å². The summed E-state index contributed by atoms with van der Waals surface area (Å²) in [5.74, 6) is 1.48. The minimum Gasteiger partial charge on any atom is -0.497 e. The third kappa shape index (κ3) is 4.78. The molecule has 0 aromatic heterocycles. The van der Waals surface area contributed by atoms with E-state index in [0.717, 1.165) is 23.5 Å². The van der Waals surface area contributed by atoms with Crippen LogP contribution in [0.3, 0.4) is 0 Å². The highest BCUT2D eigenvalue weighted by Crippen LogP contribution is 2.21. The molecule has 1 aromatic rings. The van der Waals surface area contributed by atoms with E-state index in [4.69, 9.17) is 10.5 Å². The normalized spacial score (nSPS) is 13.3. The quantitative estimate of drug-likeness (QED) is 0.827. The van der Waals surface area contributed by atoms with Crippen molar-refractivity contribution in [1.82, 2.24) is 0 Å². The number of rotatable bonds is 7. The van der Waals surface area contributed by atoms with Crippen LogP contribution in [0.5, 0.6) is 5.75 Å². The summed E-state index contributed by atoms with van der Waals surface area (Å²) in [5, 5.41) is 0. The van der Waals surface area contributed by atoms with Crippen molar-refractivity contribution in [2.45, 2.75) is 31.6 Å². The molecule has 0 amide bonds. The zero-order valence-corrected chi connectivity index (χ0v) is 12.3. The highest BCUT2D eigenvalue weighted by Gasteiger charge is 2.15. The average molecular weight is 269 g/mol. The predicted octanol–water partition coefficient (Wildman–Crippen LogP) is 2.57. The van der Waals surface area contributed by atoms with Gasteiger partial charge in [-0.3, -0.25) is 4.21 Å². The molecule has 1 rings (SSSR count). The summed E-state index contributed by atoms with van der Waals surface area (Å²) < 4.78 is 17.1. The van der Waals surface area contributed by atoms with Gasteiger partial charge in [0.1, 0.15) is 5.75 Å². The molecular weight excluding hydrogens is 246 g/mol. The summed E-state index contributed by atoms with van der Waals surface area (Å²) in [5.41, 5.74) is 5.82. The van der Waals surface area contributed by atoms with Crippen molar-refractivity contribution in [3.8, 4) is 5.75 Å². The summed E-state index contributed by atoms with van der Waals surface area (Å²) in [4.78, 5) is 0.862. The van der Waals surface area contributed by atoms with Gasteiger partial charge in [-0.25, -0.2) is 0 Å². The van der Waals surface area contributed by atoms with Gasteiger partial charge < -0.3 is 10.5 Å². The fourth-order valence-corrected chi connectivity index (χ4v) is 2.71. The van der Waals surface area contributed by atoms with Crippen LogP contribution in [0.4, 0.5) is 0 Å². The van der Waals surface area contributed by atoms with Gasteiger partial charge in [0.2, 0.25) is 0 Å². The van der Waals surface area contributed by atoms with E-state index in [0.29, 0.717) is 12.3 Å². The van der Waals surface area contributed by atoms with E-state index in [-0.39, 0.29) is 5.41 Å². The topological polar surface area (TPSA) is 52.3 Å². The molecule has 1 atom stereocenters. The minimum atomic E-state index is -0.927. The van der Waals surface area contributed by atoms with E-state index in [1.165, 1.54) is 0 Å². The fraction of sp³-hybridized carbons (Fsp3) is 0.571. The Morgan fingerprint density at radius 3 is 2.39 bits per heavy atom. The maximum atomic E-state index is 12.1. The number of nitrogens with two attached hydrogens (primary N) is 1. The van der Waals surface area contributed by atoms with Crippen LogP contribution >= 0.6 is 0 Å². The van der Waals surface area contributed by atoms with Crippen LogP contribution in [0.25, 0.3) is 0 Å². The van der Waals surface area contributed by atoms with Gasteiger partial charge in [0, 0.05) is 10.6 Å². The molecule has 0 heterocycles. The molecule has 2 N–H and O–H groups in total. The van der Waals surface area contributed by atoms with Gasteiger partial charge in [-0.2, -0.15) is 0 Å². The molecule has 0 bridgehead atoms. The Kier molecular flexibility index (Phi) is 5.82. The lowest BCUT2D eigenvalue weighted by atomic mass is 9.88. The summed E-state index contributed by atoms with van der Waals surface area (Å²) in [6, 6.07) is 7.42. The van der Waals surface area contributed by atoms with E-state index in [9.17, 15) is 4.21 Å². The van der Waals surface area contributed by atoms with Crippen molar-refractivity contribution >= 4 is 10.8 Å². The Hall–Kier alpha value is -0.870. The highest BCUT2D eigenvalue weighted by molar-refractivity contribution is 7.85. The fourth-order valence-electron chi connectivity index (χ4n) is 1.63. The zero-order chi connectivity index (χ0) is 13.6. The lowest BCUT2D eigenvalue weighted by Gasteiger charge is -2.21. The van der Waals surface area contributed by atoms with E-state index in [1.54, 1.807) is 7.11 Å². The minimum absolute atomic E-state index is 0.143. The van der Waals surface area contributed by atoms with Gasteiger partial charge in [0.15, 0.2) is 0 Å². The molecule has 0 spiro atoms. The SMILES string of the molecule is COc1ccc(S(=O)CCCC(C)(C)CN)cc1. The maximum Gasteiger partial charge on any atom is 0.118 e. The highest BCUT2D eigenvalue weighted by atomic mass is 32.2. The molecule has 0 aliphatic heterocycles. The Morgan fingerprint density at radius 2 is 1.89 bits per heavy atom. The monoisotopic (exact) mass is 269 g/mol. The Balaban J connectivity index is 2.45. The smallest absolute Gasteiger partial charge is 0.118 e. The number of ether oxygens (including phenoxy) is 1. The third-order valence-corrected chi connectivity index (χ3v) is 4.52. The van der Waals surface area contributed by atoms with Crippen molar-refractivity contribution in [3.63, 3.8) is 0 Å². The van der Waals surface area contributed by atoms with Crippen LogP contribution in [0.1, 0.15) is 26.7 Å². The molecule has 0 aliphatic carbocycles. The molecule has 3 nitrogen and oxygen atoms in total. The number of benzene rings is 1. The molecule has 102 valence electrons. The number of hydrogen-bond donors (Lipinski definition) is 1. The molecule has 0 saturated carbocycles. The first-order valence-corrected chi connectivity index (χ1v) is 7.53.